The molecule has 0 fully saturated rings. The predicted octanol–water partition coefficient (Wildman–Crippen LogP) is 0.138. The van der Waals surface area contributed by atoms with Crippen LogP contribution in [0.2, 0.25) is 0 Å². The Morgan fingerprint density at radius 1 is 1.26 bits per heavy atom. The molecule has 2 N–H and O–H groups in total. The summed E-state index contributed by atoms with van der Waals surface area (Å²) in [7, 11) is -1.59. The van der Waals surface area contributed by atoms with E-state index >= 15 is 0 Å². The van der Waals surface area contributed by atoms with Gasteiger partial charge >= 0.3 is 0 Å². The highest BCUT2D eigenvalue weighted by atomic mass is 32.2. The van der Waals surface area contributed by atoms with E-state index in [0.717, 1.165) is 6.54 Å². The highest BCUT2D eigenvalue weighted by molar-refractivity contribution is 7.89. The van der Waals surface area contributed by atoms with Crippen molar-refractivity contribution in [2.24, 2.45) is 0 Å². The van der Waals surface area contributed by atoms with Gasteiger partial charge < -0.3 is 10.2 Å². The van der Waals surface area contributed by atoms with Gasteiger partial charge in [-0.15, -0.1) is 0 Å². The molecule has 1 heterocycles. The molecule has 0 saturated heterocycles. The Morgan fingerprint density at radius 2 is 1.89 bits per heavy atom. The minimum atomic E-state index is -3.53. The van der Waals surface area contributed by atoms with E-state index in [9.17, 15) is 8.42 Å². The Bertz CT molecular complexity index is 474. The summed E-state index contributed by atoms with van der Waals surface area (Å²) in [5.41, 5.74) is 0. The number of hydrogen-bond donors (Lipinski definition) is 2. The molecule has 0 saturated carbocycles. The molecule has 0 aromatic carbocycles. The minimum absolute atomic E-state index is 0.0771. The van der Waals surface area contributed by atoms with E-state index < -0.39 is 10.0 Å². The van der Waals surface area contributed by atoms with Gasteiger partial charge in [0.05, 0.1) is 12.4 Å². The number of nitrogens with one attached hydrogen (secondary N) is 2. The van der Waals surface area contributed by atoms with Crippen molar-refractivity contribution < 1.29 is 8.42 Å². The highest BCUT2D eigenvalue weighted by Crippen LogP contribution is 2.06. The first-order valence-corrected chi connectivity index (χ1v) is 7.72. The molecule has 0 spiro atoms. The molecule has 0 unspecified atom stereocenters. The lowest BCUT2D eigenvalue weighted by molar-refractivity contribution is 0.358. The average molecular weight is 287 g/mol. The molecule has 7 nitrogen and oxygen atoms in total. The van der Waals surface area contributed by atoms with Gasteiger partial charge in [0.15, 0.2) is 0 Å². The van der Waals surface area contributed by atoms with Crippen molar-refractivity contribution in [3.8, 4) is 0 Å². The molecule has 108 valence electrons. The second-order valence-corrected chi connectivity index (χ2v) is 5.83. The molecular weight excluding hydrogens is 266 g/mol. The SMILES string of the molecule is CCNc1ncc(S(=O)(=O)NCCN(C)CC)cn1. The molecule has 1 aromatic heterocycles. The quantitative estimate of drug-likeness (QED) is 0.707. The summed E-state index contributed by atoms with van der Waals surface area (Å²) in [6, 6.07) is 0. The minimum Gasteiger partial charge on any atom is -0.355 e. The molecule has 0 radical (unpaired) electrons. The summed E-state index contributed by atoms with van der Waals surface area (Å²) in [5.74, 6) is 0.423. The Labute approximate surface area is 114 Å². The van der Waals surface area contributed by atoms with Crippen molar-refractivity contribution in [1.82, 2.24) is 19.6 Å². The molecule has 8 heteroatoms. The van der Waals surface area contributed by atoms with Crippen LogP contribution in [-0.2, 0) is 10.0 Å². The van der Waals surface area contributed by atoms with Crippen LogP contribution in [0.5, 0.6) is 0 Å². The molecule has 19 heavy (non-hydrogen) atoms. The standard InChI is InChI=1S/C11H21N5O2S/c1-4-12-11-13-8-10(9-14-11)19(17,18)15-6-7-16(3)5-2/h8-9,15H,4-7H2,1-3H3,(H,12,13,14). The predicted molar refractivity (Wildman–Crippen MR) is 74.6 cm³/mol. The van der Waals surface area contributed by atoms with Gasteiger partial charge in [0.1, 0.15) is 4.90 Å². The molecule has 0 atom stereocenters. The largest absolute Gasteiger partial charge is 0.355 e. The van der Waals surface area contributed by atoms with E-state index in [2.05, 4.69) is 20.0 Å². The maximum Gasteiger partial charge on any atom is 0.243 e. The highest BCUT2D eigenvalue weighted by Gasteiger charge is 2.14. The third-order valence-electron chi connectivity index (χ3n) is 2.60. The summed E-state index contributed by atoms with van der Waals surface area (Å²) in [5, 5.41) is 2.91. The van der Waals surface area contributed by atoms with Crippen molar-refractivity contribution in [2.45, 2.75) is 18.7 Å². The number of nitrogens with zero attached hydrogens (tertiary/aromatic N) is 3. The van der Waals surface area contributed by atoms with Gasteiger partial charge in [-0.1, -0.05) is 6.92 Å². The van der Waals surface area contributed by atoms with Crippen LogP contribution in [0.4, 0.5) is 5.95 Å². The Morgan fingerprint density at radius 3 is 2.42 bits per heavy atom. The number of likely N-dealkylation sites (N-methyl/N-ethyl adjacent to an activating group) is 1. The Kier molecular flexibility index (Phi) is 6.13. The van der Waals surface area contributed by atoms with Gasteiger partial charge in [-0.05, 0) is 20.5 Å². The van der Waals surface area contributed by atoms with Gasteiger partial charge in [0.25, 0.3) is 0 Å². The van der Waals surface area contributed by atoms with Gasteiger partial charge in [0, 0.05) is 19.6 Å². The van der Waals surface area contributed by atoms with Gasteiger partial charge in [-0.3, -0.25) is 0 Å². The molecule has 0 aliphatic rings. The van der Waals surface area contributed by atoms with Crippen LogP contribution in [0.3, 0.4) is 0 Å². The normalized spacial score (nSPS) is 11.8. The molecular formula is C11H21N5O2S. The van der Waals surface area contributed by atoms with Crippen LogP contribution in [0.15, 0.2) is 17.3 Å². The van der Waals surface area contributed by atoms with Crippen LogP contribution in [0.25, 0.3) is 0 Å². The van der Waals surface area contributed by atoms with Gasteiger partial charge in [-0.25, -0.2) is 23.1 Å². The molecule has 1 aromatic rings. The lowest BCUT2D eigenvalue weighted by Gasteiger charge is -2.14. The van der Waals surface area contributed by atoms with E-state index in [1.807, 2.05) is 25.8 Å². The first kappa shape index (κ1) is 15.8. The van der Waals surface area contributed by atoms with E-state index in [1.165, 1.54) is 12.4 Å². The lowest BCUT2D eigenvalue weighted by atomic mass is 10.5. The number of rotatable bonds is 8. The van der Waals surface area contributed by atoms with Crippen LogP contribution in [0, 0.1) is 0 Å². The Balaban J connectivity index is 2.61. The summed E-state index contributed by atoms with van der Waals surface area (Å²) in [4.78, 5) is 9.98. The second kappa shape index (κ2) is 7.37. The first-order valence-electron chi connectivity index (χ1n) is 6.23. The summed E-state index contributed by atoms with van der Waals surface area (Å²) < 4.78 is 26.4. The van der Waals surface area contributed by atoms with Crippen molar-refractivity contribution in [1.29, 1.82) is 0 Å². The van der Waals surface area contributed by atoms with Crippen LogP contribution >= 0.6 is 0 Å². The van der Waals surface area contributed by atoms with Crippen molar-refractivity contribution >= 4 is 16.0 Å². The molecule has 0 aliphatic carbocycles. The topological polar surface area (TPSA) is 87.2 Å². The fourth-order valence-corrected chi connectivity index (χ4v) is 2.23. The van der Waals surface area contributed by atoms with E-state index in [1.54, 1.807) is 0 Å². The molecule has 0 bridgehead atoms. The third-order valence-corrected chi connectivity index (χ3v) is 4.01. The van der Waals surface area contributed by atoms with Crippen molar-refractivity contribution in [3.63, 3.8) is 0 Å². The first-order chi connectivity index (χ1) is 8.99. The lowest BCUT2D eigenvalue weighted by Crippen LogP contribution is -2.33. The fourth-order valence-electron chi connectivity index (χ4n) is 1.32. The maximum atomic E-state index is 11.9. The van der Waals surface area contributed by atoms with E-state index in [-0.39, 0.29) is 4.90 Å². The van der Waals surface area contributed by atoms with Gasteiger partial charge in [-0.2, -0.15) is 0 Å². The summed E-state index contributed by atoms with van der Waals surface area (Å²) >= 11 is 0. The second-order valence-electron chi connectivity index (χ2n) is 4.07. The molecule has 1 rings (SSSR count). The van der Waals surface area contributed by atoms with E-state index in [4.69, 9.17) is 0 Å². The zero-order valence-corrected chi connectivity index (χ0v) is 12.4. The van der Waals surface area contributed by atoms with E-state index in [0.29, 0.717) is 25.6 Å². The van der Waals surface area contributed by atoms with Gasteiger partial charge in [0.2, 0.25) is 16.0 Å². The zero-order valence-electron chi connectivity index (χ0n) is 11.5. The number of aromatic nitrogens is 2. The van der Waals surface area contributed by atoms with Crippen LogP contribution in [0.1, 0.15) is 13.8 Å². The third kappa shape index (κ3) is 5.09. The molecule has 0 aliphatic heterocycles. The average Bonchev–Trinajstić information content (AvgIpc) is 2.39. The zero-order chi connectivity index (χ0) is 14.3. The molecule has 0 amide bonds. The Hall–Kier alpha value is -1.25. The number of sulfonamides is 1. The van der Waals surface area contributed by atoms with Crippen LogP contribution < -0.4 is 10.0 Å². The summed E-state index contributed by atoms with van der Waals surface area (Å²) in [6.45, 7) is 6.52. The summed E-state index contributed by atoms with van der Waals surface area (Å²) in [6.07, 6.45) is 2.60. The monoisotopic (exact) mass is 287 g/mol. The van der Waals surface area contributed by atoms with Crippen molar-refractivity contribution in [2.75, 3.05) is 38.5 Å². The maximum absolute atomic E-state index is 11.9. The number of anilines is 1. The van der Waals surface area contributed by atoms with Crippen molar-refractivity contribution in [3.05, 3.63) is 12.4 Å². The van der Waals surface area contributed by atoms with Crippen LogP contribution in [-0.4, -0.2) is 56.5 Å². The number of hydrogen-bond acceptors (Lipinski definition) is 6. The smallest absolute Gasteiger partial charge is 0.243 e. The fraction of sp³-hybridized carbons (Fsp3) is 0.636.